The van der Waals surface area contributed by atoms with Gasteiger partial charge in [0.15, 0.2) is 5.79 Å². The predicted octanol–water partition coefficient (Wildman–Crippen LogP) is 2.26. The lowest BCUT2D eigenvalue weighted by atomic mass is 10.2. The van der Waals surface area contributed by atoms with Crippen molar-refractivity contribution in [3.63, 3.8) is 0 Å². The molecule has 1 aliphatic heterocycles. The second kappa shape index (κ2) is 5.38. The first-order valence-electron chi connectivity index (χ1n) is 6.07. The highest BCUT2D eigenvalue weighted by atomic mass is 35.5. The van der Waals surface area contributed by atoms with E-state index in [9.17, 15) is 0 Å². The first-order chi connectivity index (χ1) is 8.52. The molecule has 1 unspecified atom stereocenters. The Balaban J connectivity index is 1.97. The third kappa shape index (κ3) is 3.10. The molecule has 1 atom stereocenters. The Bertz CT molecular complexity index is 426. The van der Waals surface area contributed by atoms with Crippen LogP contribution in [0.25, 0.3) is 0 Å². The van der Waals surface area contributed by atoms with Crippen molar-refractivity contribution in [1.82, 2.24) is 9.97 Å². The summed E-state index contributed by atoms with van der Waals surface area (Å²) in [6.45, 7) is 7.07. The Labute approximate surface area is 112 Å². The number of rotatable bonds is 4. The predicted molar refractivity (Wildman–Crippen MR) is 69.8 cm³/mol. The fraction of sp³-hybridized carbons (Fsp3) is 0.667. The summed E-state index contributed by atoms with van der Waals surface area (Å²) in [4.78, 5) is 8.18. The molecule has 6 heteroatoms. The van der Waals surface area contributed by atoms with Gasteiger partial charge in [0.25, 0.3) is 0 Å². The molecule has 0 spiro atoms. The van der Waals surface area contributed by atoms with E-state index in [0.717, 1.165) is 17.8 Å². The van der Waals surface area contributed by atoms with Crippen LogP contribution in [0.5, 0.6) is 0 Å². The molecule has 2 heterocycles. The maximum atomic E-state index is 6.02. The molecule has 0 bridgehead atoms. The normalized spacial score (nSPS) is 22.1. The lowest BCUT2D eigenvalue weighted by molar-refractivity contribution is -0.136. The van der Waals surface area contributed by atoms with Crippen molar-refractivity contribution in [2.45, 2.75) is 39.1 Å². The molecule has 0 amide bonds. The number of halogens is 1. The van der Waals surface area contributed by atoms with Gasteiger partial charge in [0.1, 0.15) is 23.4 Å². The summed E-state index contributed by atoms with van der Waals surface area (Å²) >= 11 is 6.02. The van der Waals surface area contributed by atoms with Crippen LogP contribution < -0.4 is 5.32 Å². The van der Waals surface area contributed by atoms with E-state index in [1.807, 2.05) is 20.8 Å². The van der Waals surface area contributed by atoms with Crippen LogP contribution in [0.3, 0.4) is 0 Å². The number of nitrogens with zero attached hydrogens (tertiary/aromatic N) is 2. The van der Waals surface area contributed by atoms with Crippen molar-refractivity contribution in [3.8, 4) is 0 Å². The van der Waals surface area contributed by atoms with Crippen molar-refractivity contribution >= 4 is 17.4 Å². The number of aromatic nitrogens is 2. The average Bonchev–Trinajstić information content (AvgIpc) is 2.66. The highest BCUT2D eigenvalue weighted by Crippen LogP contribution is 2.24. The SMILES string of the molecule is CCc1c(Cl)ncnc1NCC1COC(C)(C)O1. The maximum Gasteiger partial charge on any atom is 0.163 e. The van der Waals surface area contributed by atoms with E-state index in [1.165, 1.54) is 6.33 Å². The first-order valence-corrected chi connectivity index (χ1v) is 6.44. The monoisotopic (exact) mass is 271 g/mol. The van der Waals surface area contributed by atoms with Crippen LogP contribution in [0.2, 0.25) is 5.15 Å². The molecule has 0 aromatic carbocycles. The molecule has 18 heavy (non-hydrogen) atoms. The van der Waals surface area contributed by atoms with Crippen molar-refractivity contribution in [3.05, 3.63) is 17.0 Å². The van der Waals surface area contributed by atoms with Crippen LogP contribution in [-0.2, 0) is 15.9 Å². The molecule has 100 valence electrons. The zero-order valence-corrected chi connectivity index (χ0v) is 11.6. The van der Waals surface area contributed by atoms with Crippen molar-refractivity contribution in [2.75, 3.05) is 18.5 Å². The molecule has 1 aromatic heterocycles. The van der Waals surface area contributed by atoms with E-state index < -0.39 is 5.79 Å². The van der Waals surface area contributed by atoms with E-state index in [-0.39, 0.29) is 6.10 Å². The van der Waals surface area contributed by atoms with Gasteiger partial charge in [-0.25, -0.2) is 9.97 Å². The molecule has 1 saturated heterocycles. The summed E-state index contributed by atoms with van der Waals surface area (Å²) in [5.74, 6) is 0.272. The number of nitrogens with one attached hydrogen (secondary N) is 1. The van der Waals surface area contributed by atoms with Gasteiger partial charge < -0.3 is 14.8 Å². The molecule has 1 aromatic rings. The summed E-state index contributed by atoms with van der Waals surface area (Å²) in [6.07, 6.45) is 2.27. The second-order valence-electron chi connectivity index (χ2n) is 4.68. The molecular weight excluding hydrogens is 254 g/mol. The lowest BCUT2D eigenvalue weighted by Crippen LogP contribution is -2.26. The summed E-state index contributed by atoms with van der Waals surface area (Å²) in [5, 5.41) is 3.74. The van der Waals surface area contributed by atoms with Crippen molar-refractivity contribution in [1.29, 1.82) is 0 Å². The molecule has 2 rings (SSSR count). The number of anilines is 1. The summed E-state index contributed by atoms with van der Waals surface area (Å²) in [6, 6.07) is 0. The van der Waals surface area contributed by atoms with Gasteiger partial charge >= 0.3 is 0 Å². The van der Waals surface area contributed by atoms with Gasteiger partial charge in [-0.1, -0.05) is 18.5 Å². The minimum atomic E-state index is -0.497. The quantitative estimate of drug-likeness (QED) is 0.852. The third-order valence-electron chi connectivity index (χ3n) is 2.81. The summed E-state index contributed by atoms with van der Waals surface area (Å²) < 4.78 is 11.2. The zero-order valence-electron chi connectivity index (χ0n) is 10.9. The van der Waals surface area contributed by atoms with Gasteiger partial charge in [-0.3, -0.25) is 0 Å². The van der Waals surface area contributed by atoms with Gasteiger partial charge in [0, 0.05) is 12.1 Å². The second-order valence-corrected chi connectivity index (χ2v) is 5.03. The van der Waals surface area contributed by atoms with Gasteiger partial charge in [-0.15, -0.1) is 0 Å². The van der Waals surface area contributed by atoms with E-state index in [4.69, 9.17) is 21.1 Å². The molecule has 0 radical (unpaired) electrons. The standard InChI is InChI=1S/C12H18ClN3O2/c1-4-9-10(13)15-7-16-11(9)14-5-8-6-17-12(2,3)18-8/h7-8H,4-6H2,1-3H3,(H,14,15,16). The summed E-state index contributed by atoms with van der Waals surface area (Å²) in [5.41, 5.74) is 0.928. The topological polar surface area (TPSA) is 56.3 Å². The van der Waals surface area contributed by atoms with Crippen LogP contribution in [0.15, 0.2) is 6.33 Å². The molecule has 5 nitrogen and oxygen atoms in total. The largest absolute Gasteiger partial charge is 0.367 e. The van der Waals surface area contributed by atoms with E-state index in [2.05, 4.69) is 15.3 Å². The molecule has 1 N–H and O–H groups in total. The number of ether oxygens (including phenoxy) is 2. The molecular formula is C12H18ClN3O2. The van der Waals surface area contributed by atoms with E-state index in [1.54, 1.807) is 0 Å². The van der Waals surface area contributed by atoms with Gasteiger partial charge in [-0.2, -0.15) is 0 Å². The summed E-state index contributed by atoms with van der Waals surface area (Å²) in [7, 11) is 0. The van der Waals surface area contributed by atoms with E-state index in [0.29, 0.717) is 18.3 Å². The van der Waals surface area contributed by atoms with Gasteiger partial charge in [-0.05, 0) is 20.3 Å². The van der Waals surface area contributed by atoms with Crippen LogP contribution in [0.4, 0.5) is 5.82 Å². The smallest absolute Gasteiger partial charge is 0.163 e. The van der Waals surface area contributed by atoms with Crippen LogP contribution in [-0.4, -0.2) is 35.0 Å². The maximum absolute atomic E-state index is 6.02. The van der Waals surface area contributed by atoms with Crippen molar-refractivity contribution < 1.29 is 9.47 Å². The fourth-order valence-electron chi connectivity index (χ4n) is 1.93. The van der Waals surface area contributed by atoms with E-state index >= 15 is 0 Å². The van der Waals surface area contributed by atoms with Crippen LogP contribution in [0.1, 0.15) is 26.3 Å². The van der Waals surface area contributed by atoms with Crippen molar-refractivity contribution in [2.24, 2.45) is 0 Å². The molecule has 0 aliphatic carbocycles. The molecule has 1 aliphatic rings. The van der Waals surface area contributed by atoms with Crippen LogP contribution >= 0.6 is 11.6 Å². The Morgan fingerprint density at radius 1 is 1.50 bits per heavy atom. The number of hydrogen-bond acceptors (Lipinski definition) is 5. The first kappa shape index (κ1) is 13.5. The Hall–Kier alpha value is -0.910. The highest BCUT2D eigenvalue weighted by molar-refractivity contribution is 6.30. The third-order valence-corrected chi connectivity index (χ3v) is 3.14. The van der Waals surface area contributed by atoms with Gasteiger partial charge in [0.2, 0.25) is 0 Å². The minimum absolute atomic E-state index is 0.0263. The Morgan fingerprint density at radius 2 is 2.28 bits per heavy atom. The fourth-order valence-corrected chi connectivity index (χ4v) is 2.20. The molecule has 1 fully saturated rings. The molecule has 0 saturated carbocycles. The Kier molecular flexibility index (Phi) is 4.04. The van der Waals surface area contributed by atoms with Crippen LogP contribution in [0, 0.1) is 0 Å². The number of hydrogen-bond donors (Lipinski definition) is 1. The Morgan fingerprint density at radius 3 is 2.89 bits per heavy atom. The van der Waals surface area contributed by atoms with Gasteiger partial charge in [0.05, 0.1) is 6.61 Å². The highest BCUT2D eigenvalue weighted by Gasteiger charge is 2.32. The minimum Gasteiger partial charge on any atom is -0.367 e. The zero-order chi connectivity index (χ0) is 13.2. The lowest BCUT2D eigenvalue weighted by Gasteiger charge is -2.18. The average molecular weight is 272 g/mol.